The highest BCUT2D eigenvalue weighted by Gasteiger charge is 2.22. The first-order chi connectivity index (χ1) is 11.9. The summed E-state index contributed by atoms with van der Waals surface area (Å²) in [4.78, 5) is 35.2. The maximum Gasteiger partial charge on any atom is 0.344 e. The molecule has 1 aromatic rings. The molecule has 7 nitrogen and oxygen atoms in total. The number of carbonyl (C=O) groups is 3. The van der Waals surface area contributed by atoms with Crippen LogP contribution < -0.4 is 15.4 Å². The Kier molecular flexibility index (Phi) is 6.73. The van der Waals surface area contributed by atoms with Gasteiger partial charge in [-0.3, -0.25) is 10.1 Å². The van der Waals surface area contributed by atoms with Crippen LogP contribution in [0.25, 0.3) is 0 Å². The van der Waals surface area contributed by atoms with Gasteiger partial charge in [0.25, 0.3) is 5.91 Å². The number of imide groups is 1. The van der Waals surface area contributed by atoms with Crippen LogP contribution in [-0.2, 0) is 14.3 Å². The summed E-state index contributed by atoms with van der Waals surface area (Å²) in [6.07, 6.45) is 2.76. The maximum absolute atomic E-state index is 12.8. The Labute approximate surface area is 144 Å². The molecule has 0 spiro atoms. The standard InChI is InChI=1S/C17H21FN2O5/c1-11(16(22)20-17(23)19-13-4-2-3-5-13)25-15(21)10-24-14-8-6-12(18)7-9-14/h6-9,11,13H,2-5,10H2,1H3,(H2,19,20,22,23)/t11-/m1/s1. The fourth-order valence-corrected chi connectivity index (χ4v) is 2.46. The van der Waals surface area contributed by atoms with Gasteiger partial charge in [-0.05, 0) is 44.0 Å². The third kappa shape index (κ3) is 6.40. The lowest BCUT2D eigenvalue weighted by molar-refractivity contribution is -0.156. The van der Waals surface area contributed by atoms with Gasteiger partial charge >= 0.3 is 12.0 Å². The zero-order chi connectivity index (χ0) is 18.2. The molecule has 0 aromatic heterocycles. The number of carbonyl (C=O) groups excluding carboxylic acids is 3. The van der Waals surface area contributed by atoms with Gasteiger partial charge in [-0.25, -0.2) is 14.0 Å². The molecule has 0 aliphatic heterocycles. The molecule has 0 heterocycles. The summed E-state index contributed by atoms with van der Waals surface area (Å²) in [5.74, 6) is -1.61. The average molecular weight is 352 g/mol. The zero-order valence-electron chi connectivity index (χ0n) is 13.9. The number of hydrogen-bond acceptors (Lipinski definition) is 5. The van der Waals surface area contributed by atoms with E-state index in [0.29, 0.717) is 5.75 Å². The summed E-state index contributed by atoms with van der Waals surface area (Å²) in [5, 5.41) is 4.85. The van der Waals surface area contributed by atoms with E-state index in [1.165, 1.54) is 31.2 Å². The molecular formula is C17H21FN2O5. The van der Waals surface area contributed by atoms with Gasteiger partial charge in [0.1, 0.15) is 11.6 Å². The first-order valence-corrected chi connectivity index (χ1v) is 8.13. The van der Waals surface area contributed by atoms with Crippen LogP contribution in [0.15, 0.2) is 24.3 Å². The number of urea groups is 1. The second kappa shape index (κ2) is 9.00. The molecule has 1 aromatic carbocycles. The van der Waals surface area contributed by atoms with E-state index < -0.39 is 36.4 Å². The van der Waals surface area contributed by atoms with Crippen LogP contribution in [0.4, 0.5) is 9.18 Å². The van der Waals surface area contributed by atoms with Crippen molar-refractivity contribution in [1.82, 2.24) is 10.6 Å². The van der Waals surface area contributed by atoms with E-state index in [-0.39, 0.29) is 6.04 Å². The van der Waals surface area contributed by atoms with E-state index in [9.17, 15) is 18.8 Å². The Hall–Kier alpha value is -2.64. The first kappa shape index (κ1) is 18.7. The van der Waals surface area contributed by atoms with Crippen LogP contribution in [-0.4, -0.2) is 36.7 Å². The molecule has 136 valence electrons. The Morgan fingerprint density at radius 3 is 2.48 bits per heavy atom. The van der Waals surface area contributed by atoms with Crippen LogP contribution in [0.3, 0.4) is 0 Å². The number of halogens is 1. The minimum atomic E-state index is -1.14. The molecule has 8 heteroatoms. The first-order valence-electron chi connectivity index (χ1n) is 8.13. The Balaban J connectivity index is 1.69. The molecule has 0 unspecified atom stereocenters. The lowest BCUT2D eigenvalue weighted by Gasteiger charge is -2.15. The fraction of sp³-hybridized carbons (Fsp3) is 0.471. The van der Waals surface area contributed by atoms with Gasteiger partial charge in [0.15, 0.2) is 12.7 Å². The molecular weight excluding hydrogens is 331 g/mol. The van der Waals surface area contributed by atoms with Crippen molar-refractivity contribution in [1.29, 1.82) is 0 Å². The second-order valence-corrected chi connectivity index (χ2v) is 5.82. The molecule has 1 atom stereocenters. The van der Waals surface area contributed by atoms with E-state index >= 15 is 0 Å². The van der Waals surface area contributed by atoms with Gasteiger partial charge < -0.3 is 14.8 Å². The average Bonchev–Trinajstić information content (AvgIpc) is 3.07. The topological polar surface area (TPSA) is 93.7 Å². The minimum absolute atomic E-state index is 0.0785. The largest absolute Gasteiger partial charge is 0.482 e. The molecule has 1 saturated carbocycles. The molecule has 1 fully saturated rings. The van der Waals surface area contributed by atoms with Crippen molar-refractivity contribution < 1.29 is 28.2 Å². The lowest BCUT2D eigenvalue weighted by atomic mass is 10.2. The van der Waals surface area contributed by atoms with Gasteiger partial charge in [-0.1, -0.05) is 12.8 Å². The molecule has 25 heavy (non-hydrogen) atoms. The smallest absolute Gasteiger partial charge is 0.344 e. The van der Waals surface area contributed by atoms with Crippen molar-refractivity contribution in [2.75, 3.05) is 6.61 Å². The van der Waals surface area contributed by atoms with E-state index in [4.69, 9.17) is 9.47 Å². The van der Waals surface area contributed by atoms with Crippen LogP contribution in [0, 0.1) is 5.82 Å². The summed E-state index contributed by atoms with van der Waals surface area (Å²) >= 11 is 0. The van der Waals surface area contributed by atoms with E-state index in [1.807, 2.05) is 0 Å². The minimum Gasteiger partial charge on any atom is -0.482 e. The van der Waals surface area contributed by atoms with Crippen LogP contribution in [0.2, 0.25) is 0 Å². The SMILES string of the molecule is C[C@@H](OC(=O)COc1ccc(F)cc1)C(=O)NC(=O)NC1CCCC1. The molecule has 0 bridgehead atoms. The zero-order valence-corrected chi connectivity index (χ0v) is 13.9. The van der Waals surface area contributed by atoms with Crippen molar-refractivity contribution in [3.05, 3.63) is 30.1 Å². The number of benzene rings is 1. The highest BCUT2D eigenvalue weighted by atomic mass is 19.1. The summed E-state index contributed by atoms with van der Waals surface area (Å²) < 4.78 is 22.8. The van der Waals surface area contributed by atoms with E-state index in [1.54, 1.807) is 0 Å². The van der Waals surface area contributed by atoms with E-state index in [2.05, 4.69) is 10.6 Å². The predicted octanol–water partition coefficient (Wildman–Crippen LogP) is 1.90. The van der Waals surface area contributed by atoms with Crippen LogP contribution in [0.5, 0.6) is 5.75 Å². The normalized spacial score (nSPS) is 15.3. The van der Waals surface area contributed by atoms with Gasteiger partial charge in [0, 0.05) is 6.04 Å². The molecule has 0 radical (unpaired) electrons. The summed E-state index contributed by atoms with van der Waals surface area (Å²) in [7, 11) is 0. The molecule has 0 saturated heterocycles. The summed E-state index contributed by atoms with van der Waals surface area (Å²) in [6, 6.07) is 4.61. The number of hydrogen-bond donors (Lipinski definition) is 2. The molecule has 1 aliphatic carbocycles. The van der Waals surface area contributed by atoms with Crippen LogP contribution in [0.1, 0.15) is 32.6 Å². The number of esters is 1. The van der Waals surface area contributed by atoms with Crippen molar-refractivity contribution >= 4 is 17.9 Å². The lowest BCUT2D eigenvalue weighted by Crippen LogP contribution is -2.47. The van der Waals surface area contributed by atoms with E-state index in [0.717, 1.165) is 25.7 Å². The van der Waals surface area contributed by atoms with Crippen molar-refractivity contribution in [2.24, 2.45) is 0 Å². The van der Waals surface area contributed by atoms with Crippen LogP contribution >= 0.6 is 0 Å². The third-order valence-corrected chi connectivity index (χ3v) is 3.77. The molecule has 2 rings (SSSR count). The quantitative estimate of drug-likeness (QED) is 0.763. The van der Waals surface area contributed by atoms with Crippen molar-refractivity contribution in [3.63, 3.8) is 0 Å². The van der Waals surface area contributed by atoms with Crippen molar-refractivity contribution in [3.8, 4) is 5.75 Å². The Morgan fingerprint density at radius 2 is 1.84 bits per heavy atom. The summed E-state index contributed by atoms with van der Waals surface area (Å²) in [6.45, 7) is 0.922. The number of nitrogens with one attached hydrogen (secondary N) is 2. The maximum atomic E-state index is 12.8. The second-order valence-electron chi connectivity index (χ2n) is 5.82. The highest BCUT2D eigenvalue weighted by molar-refractivity contribution is 5.97. The van der Waals surface area contributed by atoms with Gasteiger partial charge in [0.2, 0.25) is 0 Å². The monoisotopic (exact) mass is 352 g/mol. The van der Waals surface area contributed by atoms with Gasteiger partial charge in [-0.15, -0.1) is 0 Å². The van der Waals surface area contributed by atoms with Gasteiger partial charge in [-0.2, -0.15) is 0 Å². The number of ether oxygens (including phenoxy) is 2. The molecule has 3 amide bonds. The highest BCUT2D eigenvalue weighted by Crippen LogP contribution is 2.17. The Morgan fingerprint density at radius 1 is 1.20 bits per heavy atom. The molecule has 1 aliphatic rings. The number of rotatable bonds is 6. The Bertz CT molecular complexity index is 614. The molecule has 2 N–H and O–H groups in total. The van der Waals surface area contributed by atoms with Gasteiger partial charge in [0.05, 0.1) is 0 Å². The third-order valence-electron chi connectivity index (χ3n) is 3.77. The predicted molar refractivity (Wildman–Crippen MR) is 86.4 cm³/mol. The summed E-state index contributed by atoms with van der Waals surface area (Å²) in [5.41, 5.74) is 0. The number of amides is 3. The van der Waals surface area contributed by atoms with Crippen molar-refractivity contribution in [2.45, 2.75) is 44.8 Å². The fourth-order valence-electron chi connectivity index (χ4n) is 2.46.